The van der Waals surface area contributed by atoms with Crippen LogP contribution >= 0.6 is 27.3 Å². The molecule has 102 valence electrons. The zero-order valence-electron chi connectivity index (χ0n) is 9.62. The molecular weight excluding hydrogens is 341 g/mol. The van der Waals surface area contributed by atoms with E-state index < -0.39 is 17.8 Å². The van der Waals surface area contributed by atoms with Crippen LogP contribution in [-0.2, 0) is 12.6 Å². The second kappa shape index (κ2) is 5.64. The molecule has 2 rings (SSSR count). The van der Waals surface area contributed by atoms with Crippen LogP contribution < -0.4 is 0 Å². The first kappa shape index (κ1) is 14.6. The van der Waals surface area contributed by atoms with Gasteiger partial charge in [0.1, 0.15) is 0 Å². The van der Waals surface area contributed by atoms with Crippen LogP contribution in [0, 0.1) is 0 Å². The summed E-state index contributed by atoms with van der Waals surface area (Å²) in [5.74, 6) is 0. The molecule has 0 aliphatic rings. The molecule has 1 unspecified atom stereocenters. The van der Waals surface area contributed by atoms with E-state index in [0.29, 0.717) is 11.1 Å². The number of halogens is 4. The Balaban J connectivity index is 2.18. The van der Waals surface area contributed by atoms with Crippen molar-refractivity contribution < 1.29 is 18.3 Å². The molecule has 0 bridgehead atoms. The first-order valence-corrected chi connectivity index (χ1v) is 7.17. The lowest BCUT2D eigenvalue weighted by Gasteiger charge is -2.12. The topological polar surface area (TPSA) is 20.2 Å². The Hall–Kier alpha value is -0.850. The van der Waals surface area contributed by atoms with Gasteiger partial charge in [-0.1, -0.05) is 18.2 Å². The summed E-state index contributed by atoms with van der Waals surface area (Å²) in [4.78, 5) is 0. The quantitative estimate of drug-likeness (QED) is 0.842. The van der Waals surface area contributed by atoms with Crippen molar-refractivity contribution in [1.82, 2.24) is 0 Å². The Morgan fingerprint density at radius 1 is 1.26 bits per heavy atom. The van der Waals surface area contributed by atoms with Crippen molar-refractivity contribution in [3.63, 3.8) is 0 Å². The van der Waals surface area contributed by atoms with E-state index in [1.54, 1.807) is 11.4 Å². The molecule has 0 saturated heterocycles. The predicted molar refractivity (Wildman–Crippen MR) is 72.1 cm³/mol. The van der Waals surface area contributed by atoms with Gasteiger partial charge in [0.05, 0.1) is 11.7 Å². The molecule has 1 atom stereocenters. The predicted octanol–water partition coefficient (Wildman–Crippen LogP) is 4.81. The lowest BCUT2D eigenvalue weighted by atomic mass is 10.0. The van der Waals surface area contributed by atoms with Crippen molar-refractivity contribution in [3.05, 3.63) is 56.2 Å². The SMILES string of the molecule is OC(Cc1cccc(C(F)(F)F)c1)c1cscc1Br. The van der Waals surface area contributed by atoms with Gasteiger partial charge in [-0.2, -0.15) is 24.5 Å². The van der Waals surface area contributed by atoms with Gasteiger partial charge in [0, 0.05) is 21.8 Å². The maximum absolute atomic E-state index is 12.6. The monoisotopic (exact) mass is 350 g/mol. The summed E-state index contributed by atoms with van der Waals surface area (Å²) in [6.07, 6.45) is -5.02. The average Bonchev–Trinajstić information content (AvgIpc) is 2.75. The molecule has 0 radical (unpaired) electrons. The number of rotatable bonds is 3. The van der Waals surface area contributed by atoms with Crippen LogP contribution in [0.25, 0.3) is 0 Å². The van der Waals surface area contributed by atoms with E-state index in [1.165, 1.54) is 17.4 Å². The van der Waals surface area contributed by atoms with Gasteiger partial charge in [-0.25, -0.2) is 0 Å². The molecule has 0 saturated carbocycles. The second-order valence-corrected chi connectivity index (χ2v) is 5.69. The smallest absolute Gasteiger partial charge is 0.388 e. The number of alkyl halides is 3. The van der Waals surface area contributed by atoms with Crippen molar-refractivity contribution in [3.8, 4) is 0 Å². The molecule has 19 heavy (non-hydrogen) atoms. The number of thiophene rings is 1. The first-order valence-electron chi connectivity index (χ1n) is 5.43. The van der Waals surface area contributed by atoms with Gasteiger partial charge >= 0.3 is 6.18 Å². The zero-order chi connectivity index (χ0) is 14.0. The van der Waals surface area contributed by atoms with E-state index in [-0.39, 0.29) is 6.42 Å². The van der Waals surface area contributed by atoms with Gasteiger partial charge in [-0.05, 0) is 32.9 Å². The molecular formula is C13H10BrF3OS. The normalized spacial score (nSPS) is 13.5. The highest BCUT2D eigenvalue weighted by Crippen LogP contribution is 2.32. The van der Waals surface area contributed by atoms with E-state index >= 15 is 0 Å². The van der Waals surface area contributed by atoms with Gasteiger partial charge in [0.25, 0.3) is 0 Å². The van der Waals surface area contributed by atoms with Crippen molar-refractivity contribution in [1.29, 1.82) is 0 Å². The van der Waals surface area contributed by atoms with E-state index in [0.717, 1.165) is 16.6 Å². The van der Waals surface area contributed by atoms with Crippen LogP contribution in [0.15, 0.2) is 39.5 Å². The number of benzene rings is 1. The molecule has 1 N–H and O–H groups in total. The zero-order valence-corrected chi connectivity index (χ0v) is 12.0. The Morgan fingerprint density at radius 2 is 2.00 bits per heavy atom. The summed E-state index contributed by atoms with van der Waals surface area (Å²) in [5.41, 5.74) is 0.462. The molecule has 0 fully saturated rings. The molecule has 1 heterocycles. The standard InChI is InChI=1S/C13H10BrF3OS/c14-11-7-19-6-10(11)12(18)5-8-2-1-3-9(4-8)13(15,16)17/h1-4,6-7,12,18H,5H2. The van der Waals surface area contributed by atoms with E-state index in [1.807, 2.05) is 5.38 Å². The van der Waals surface area contributed by atoms with E-state index in [2.05, 4.69) is 15.9 Å². The highest BCUT2D eigenvalue weighted by atomic mass is 79.9. The van der Waals surface area contributed by atoms with Crippen LogP contribution in [0.2, 0.25) is 0 Å². The fourth-order valence-electron chi connectivity index (χ4n) is 1.74. The van der Waals surface area contributed by atoms with Gasteiger partial charge in [-0.3, -0.25) is 0 Å². The summed E-state index contributed by atoms with van der Waals surface area (Å²) >= 11 is 4.72. The Labute approximate surface area is 120 Å². The molecule has 1 aromatic heterocycles. The van der Waals surface area contributed by atoms with Crippen molar-refractivity contribution in [2.45, 2.75) is 18.7 Å². The molecule has 0 aliphatic heterocycles. The molecule has 2 aromatic rings. The minimum Gasteiger partial charge on any atom is -0.388 e. The van der Waals surface area contributed by atoms with Gasteiger partial charge < -0.3 is 5.11 Å². The molecule has 1 nitrogen and oxygen atoms in total. The molecule has 0 amide bonds. The third-order valence-corrected chi connectivity index (χ3v) is 4.44. The maximum atomic E-state index is 12.6. The van der Waals surface area contributed by atoms with Crippen molar-refractivity contribution >= 4 is 27.3 Å². The second-order valence-electron chi connectivity index (χ2n) is 4.09. The summed E-state index contributed by atoms with van der Waals surface area (Å²) in [6, 6.07) is 5.03. The Bertz CT molecular complexity index is 565. The van der Waals surface area contributed by atoms with Crippen LogP contribution in [0.5, 0.6) is 0 Å². The van der Waals surface area contributed by atoms with Gasteiger partial charge in [0.15, 0.2) is 0 Å². The number of hydrogen-bond donors (Lipinski definition) is 1. The van der Waals surface area contributed by atoms with Gasteiger partial charge in [0.2, 0.25) is 0 Å². The van der Waals surface area contributed by atoms with Crippen LogP contribution in [0.1, 0.15) is 22.8 Å². The highest BCUT2D eigenvalue weighted by Gasteiger charge is 2.30. The number of aliphatic hydroxyl groups excluding tert-OH is 1. The third-order valence-electron chi connectivity index (χ3n) is 2.68. The molecule has 0 spiro atoms. The summed E-state index contributed by atoms with van der Waals surface area (Å²) in [5, 5.41) is 13.6. The fourth-order valence-corrected chi connectivity index (χ4v) is 3.35. The minimum atomic E-state index is -4.36. The minimum absolute atomic E-state index is 0.152. The molecule has 6 heteroatoms. The van der Waals surface area contributed by atoms with Gasteiger partial charge in [-0.15, -0.1) is 0 Å². The first-order chi connectivity index (χ1) is 8.88. The van der Waals surface area contributed by atoms with E-state index in [4.69, 9.17) is 0 Å². The summed E-state index contributed by atoms with van der Waals surface area (Å²) < 4.78 is 38.5. The van der Waals surface area contributed by atoms with Crippen molar-refractivity contribution in [2.75, 3.05) is 0 Å². The Morgan fingerprint density at radius 3 is 2.58 bits per heavy atom. The maximum Gasteiger partial charge on any atom is 0.416 e. The lowest BCUT2D eigenvalue weighted by molar-refractivity contribution is -0.137. The summed E-state index contributed by atoms with van der Waals surface area (Å²) in [7, 11) is 0. The number of aliphatic hydroxyl groups is 1. The largest absolute Gasteiger partial charge is 0.416 e. The third kappa shape index (κ3) is 3.58. The van der Waals surface area contributed by atoms with E-state index in [9.17, 15) is 18.3 Å². The van der Waals surface area contributed by atoms with Crippen LogP contribution in [0.4, 0.5) is 13.2 Å². The van der Waals surface area contributed by atoms with Crippen molar-refractivity contribution in [2.24, 2.45) is 0 Å². The van der Waals surface area contributed by atoms with Crippen LogP contribution in [-0.4, -0.2) is 5.11 Å². The molecule has 1 aromatic carbocycles. The van der Waals surface area contributed by atoms with Crippen LogP contribution in [0.3, 0.4) is 0 Å². The highest BCUT2D eigenvalue weighted by molar-refractivity contribution is 9.10. The number of hydrogen-bond acceptors (Lipinski definition) is 2. The Kier molecular flexibility index (Phi) is 4.32. The summed E-state index contributed by atoms with van der Waals surface area (Å²) in [6.45, 7) is 0. The average molecular weight is 351 g/mol. The fraction of sp³-hybridized carbons (Fsp3) is 0.231. The molecule has 0 aliphatic carbocycles. The lowest BCUT2D eigenvalue weighted by Crippen LogP contribution is -2.07.